The molecule has 0 aliphatic heterocycles. The van der Waals surface area contributed by atoms with Crippen LogP contribution in [0, 0.1) is 11.7 Å². The number of rotatable bonds is 3. The summed E-state index contributed by atoms with van der Waals surface area (Å²) in [6, 6.07) is 4.77. The monoisotopic (exact) mass is 237 g/mol. The molecule has 0 spiro atoms. The third-order valence-electron chi connectivity index (χ3n) is 3.51. The molecule has 2 nitrogen and oxygen atoms in total. The van der Waals surface area contributed by atoms with E-state index in [1.54, 1.807) is 12.1 Å². The van der Waals surface area contributed by atoms with Crippen LogP contribution in [0.2, 0.25) is 0 Å². The van der Waals surface area contributed by atoms with Crippen molar-refractivity contribution in [2.45, 2.75) is 45.3 Å². The first-order chi connectivity index (χ1) is 8.15. The van der Waals surface area contributed by atoms with Crippen molar-refractivity contribution in [1.29, 1.82) is 0 Å². The number of halogens is 1. The van der Waals surface area contributed by atoms with Gasteiger partial charge in [-0.25, -0.2) is 4.39 Å². The molecule has 1 aliphatic rings. The lowest BCUT2D eigenvalue weighted by molar-refractivity contribution is 0.00760. The van der Waals surface area contributed by atoms with E-state index in [4.69, 9.17) is 10.5 Å². The molecule has 0 aromatic heterocycles. The highest BCUT2D eigenvalue weighted by Gasteiger charge is 2.18. The lowest BCUT2D eigenvalue weighted by Crippen LogP contribution is -2.20. The van der Waals surface area contributed by atoms with E-state index in [0.29, 0.717) is 24.0 Å². The molecule has 1 saturated carbocycles. The van der Waals surface area contributed by atoms with Crippen molar-refractivity contribution in [3.05, 3.63) is 29.6 Å². The maximum atomic E-state index is 13.5. The highest BCUT2D eigenvalue weighted by molar-refractivity contribution is 5.40. The van der Waals surface area contributed by atoms with Crippen LogP contribution in [0.5, 0.6) is 0 Å². The summed E-state index contributed by atoms with van der Waals surface area (Å²) in [5.41, 5.74) is 6.55. The Hall–Kier alpha value is -1.09. The van der Waals surface area contributed by atoms with E-state index in [9.17, 15) is 4.39 Å². The molecule has 94 valence electrons. The highest BCUT2D eigenvalue weighted by atomic mass is 19.1. The van der Waals surface area contributed by atoms with Crippen molar-refractivity contribution in [2.24, 2.45) is 5.92 Å². The van der Waals surface area contributed by atoms with Gasteiger partial charge in [0.1, 0.15) is 5.82 Å². The largest absolute Gasteiger partial charge is 0.399 e. The maximum absolute atomic E-state index is 13.5. The van der Waals surface area contributed by atoms with Crippen molar-refractivity contribution >= 4 is 5.69 Å². The van der Waals surface area contributed by atoms with Crippen LogP contribution < -0.4 is 5.73 Å². The van der Waals surface area contributed by atoms with Gasteiger partial charge in [0.05, 0.1) is 12.7 Å². The number of ether oxygens (including phenoxy) is 1. The van der Waals surface area contributed by atoms with Crippen LogP contribution in [0.15, 0.2) is 18.2 Å². The molecular weight excluding hydrogens is 217 g/mol. The number of benzene rings is 1. The Morgan fingerprint density at radius 3 is 2.65 bits per heavy atom. The van der Waals surface area contributed by atoms with Gasteiger partial charge in [0.25, 0.3) is 0 Å². The standard InChI is InChI=1S/C14H20FNO/c1-10-2-6-13(7-3-10)17-9-11-4-5-12(16)8-14(11)15/h4-5,8,10,13H,2-3,6-7,9,16H2,1H3. The van der Waals surface area contributed by atoms with Crippen LogP contribution in [0.1, 0.15) is 38.2 Å². The number of hydrogen-bond acceptors (Lipinski definition) is 2. The van der Waals surface area contributed by atoms with Crippen LogP contribution in [0.4, 0.5) is 10.1 Å². The molecule has 0 saturated heterocycles. The molecule has 0 atom stereocenters. The second-order valence-corrected chi connectivity index (χ2v) is 5.04. The summed E-state index contributed by atoms with van der Waals surface area (Å²) in [7, 11) is 0. The lowest BCUT2D eigenvalue weighted by atomic mass is 9.89. The molecular formula is C14H20FNO. The highest BCUT2D eigenvalue weighted by Crippen LogP contribution is 2.26. The smallest absolute Gasteiger partial charge is 0.130 e. The first kappa shape index (κ1) is 12.4. The van der Waals surface area contributed by atoms with Crippen molar-refractivity contribution in [3.63, 3.8) is 0 Å². The Labute approximate surface area is 102 Å². The topological polar surface area (TPSA) is 35.2 Å². The Kier molecular flexibility index (Phi) is 4.00. The van der Waals surface area contributed by atoms with Crippen LogP contribution >= 0.6 is 0 Å². The van der Waals surface area contributed by atoms with Crippen LogP contribution in [-0.2, 0) is 11.3 Å². The molecule has 1 aromatic rings. The molecule has 2 N–H and O–H groups in total. The molecule has 1 aliphatic carbocycles. The molecule has 17 heavy (non-hydrogen) atoms. The normalized spacial score (nSPS) is 24.8. The third-order valence-corrected chi connectivity index (χ3v) is 3.51. The van der Waals surface area contributed by atoms with Crippen molar-refractivity contribution in [2.75, 3.05) is 5.73 Å². The Morgan fingerprint density at radius 2 is 2.00 bits per heavy atom. The zero-order valence-corrected chi connectivity index (χ0v) is 10.3. The summed E-state index contributed by atoms with van der Waals surface area (Å²) in [6.45, 7) is 2.63. The fraction of sp³-hybridized carbons (Fsp3) is 0.571. The summed E-state index contributed by atoms with van der Waals surface area (Å²) >= 11 is 0. The van der Waals surface area contributed by atoms with E-state index >= 15 is 0 Å². The third kappa shape index (κ3) is 3.43. The van der Waals surface area contributed by atoms with E-state index in [1.165, 1.54) is 18.9 Å². The molecule has 0 heterocycles. The zero-order chi connectivity index (χ0) is 12.3. The molecule has 2 rings (SSSR count). The number of nitrogens with two attached hydrogens (primary N) is 1. The molecule has 0 unspecified atom stereocenters. The summed E-state index contributed by atoms with van der Waals surface area (Å²) in [6.07, 6.45) is 4.92. The lowest BCUT2D eigenvalue weighted by Gasteiger charge is -2.26. The minimum absolute atomic E-state index is 0.269. The summed E-state index contributed by atoms with van der Waals surface area (Å²) in [4.78, 5) is 0. The summed E-state index contributed by atoms with van der Waals surface area (Å²) in [5, 5.41) is 0. The van der Waals surface area contributed by atoms with E-state index in [0.717, 1.165) is 18.8 Å². The summed E-state index contributed by atoms with van der Waals surface area (Å²) < 4.78 is 19.3. The molecule has 0 bridgehead atoms. The average Bonchev–Trinajstić information content (AvgIpc) is 2.30. The SMILES string of the molecule is CC1CCC(OCc2ccc(N)cc2F)CC1. The van der Waals surface area contributed by atoms with Gasteiger partial charge in [0.2, 0.25) is 0 Å². The van der Waals surface area contributed by atoms with Gasteiger partial charge >= 0.3 is 0 Å². The Morgan fingerprint density at radius 1 is 1.29 bits per heavy atom. The van der Waals surface area contributed by atoms with Crippen molar-refractivity contribution in [3.8, 4) is 0 Å². The van der Waals surface area contributed by atoms with Gasteiger partial charge < -0.3 is 10.5 Å². The van der Waals surface area contributed by atoms with E-state index < -0.39 is 0 Å². The van der Waals surface area contributed by atoms with Gasteiger partial charge in [-0.2, -0.15) is 0 Å². The predicted molar refractivity (Wildman–Crippen MR) is 67.0 cm³/mol. The zero-order valence-electron chi connectivity index (χ0n) is 10.3. The molecule has 0 amide bonds. The second kappa shape index (κ2) is 5.50. The predicted octanol–water partition coefficient (Wildman–Crippen LogP) is 3.50. The van der Waals surface area contributed by atoms with Gasteiger partial charge in [-0.1, -0.05) is 13.0 Å². The first-order valence-corrected chi connectivity index (χ1v) is 6.30. The van der Waals surface area contributed by atoms with Crippen LogP contribution in [0.25, 0.3) is 0 Å². The fourth-order valence-electron chi connectivity index (χ4n) is 2.28. The van der Waals surface area contributed by atoms with Crippen molar-refractivity contribution in [1.82, 2.24) is 0 Å². The number of anilines is 1. The van der Waals surface area contributed by atoms with E-state index in [1.807, 2.05) is 0 Å². The summed E-state index contributed by atoms with van der Waals surface area (Å²) in [5.74, 6) is 0.539. The Balaban J connectivity index is 1.85. The van der Waals surface area contributed by atoms with Gasteiger partial charge in [0, 0.05) is 11.3 Å². The van der Waals surface area contributed by atoms with Crippen molar-refractivity contribution < 1.29 is 9.13 Å². The van der Waals surface area contributed by atoms with E-state index in [2.05, 4.69) is 6.92 Å². The Bertz CT molecular complexity index is 372. The van der Waals surface area contributed by atoms with Gasteiger partial charge in [-0.05, 0) is 43.7 Å². The van der Waals surface area contributed by atoms with Gasteiger partial charge in [0.15, 0.2) is 0 Å². The fourth-order valence-corrected chi connectivity index (χ4v) is 2.28. The quantitative estimate of drug-likeness (QED) is 0.816. The molecule has 0 radical (unpaired) electrons. The minimum Gasteiger partial charge on any atom is -0.399 e. The van der Waals surface area contributed by atoms with Crippen LogP contribution in [-0.4, -0.2) is 6.10 Å². The first-order valence-electron chi connectivity index (χ1n) is 6.30. The minimum atomic E-state index is -0.269. The maximum Gasteiger partial charge on any atom is 0.130 e. The number of nitrogen functional groups attached to an aromatic ring is 1. The number of hydrogen-bond donors (Lipinski definition) is 1. The second-order valence-electron chi connectivity index (χ2n) is 5.04. The molecule has 1 fully saturated rings. The molecule has 3 heteroatoms. The molecule has 1 aromatic carbocycles. The van der Waals surface area contributed by atoms with Gasteiger partial charge in [-0.3, -0.25) is 0 Å². The van der Waals surface area contributed by atoms with Gasteiger partial charge in [-0.15, -0.1) is 0 Å². The van der Waals surface area contributed by atoms with E-state index in [-0.39, 0.29) is 5.82 Å². The van der Waals surface area contributed by atoms with Crippen LogP contribution in [0.3, 0.4) is 0 Å². The average molecular weight is 237 g/mol.